The highest BCUT2D eigenvalue weighted by molar-refractivity contribution is 5.39. The number of para-hydroxylation sites is 1. The molecule has 2 heteroatoms. The quantitative estimate of drug-likeness (QED) is 0.860. The number of ether oxygens (including phenoxy) is 1. The van der Waals surface area contributed by atoms with Crippen molar-refractivity contribution in [2.75, 3.05) is 20.2 Å². The fourth-order valence-corrected chi connectivity index (χ4v) is 2.88. The molecule has 0 saturated heterocycles. The first-order valence-corrected chi connectivity index (χ1v) is 6.93. The second-order valence-corrected chi connectivity index (χ2v) is 6.09. The van der Waals surface area contributed by atoms with Gasteiger partial charge in [-0.1, -0.05) is 39.0 Å². The van der Waals surface area contributed by atoms with Gasteiger partial charge in [0.25, 0.3) is 0 Å². The molecule has 0 bridgehead atoms. The van der Waals surface area contributed by atoms with E-state index in [1.807, 2.05) is 7.05 Å². The van der Waals surface area contributed by atoms with Gasteiger partial charge in [-0.25, -0.2) is 0 Å². The van der Waals surface area contributed by atoms with Crippen molar-refractivity contribution in [3.63, 3.8) is 0 Å². The third-order valence-corrected chi connectivity index (χ3v) is 4.49. The number of hydrogen-bond acceptors (Lipinski definition) is 2. The molecule has 0 saturated carbocycles. The minimum Gasteiger partial charge on any atom is -0.493 e. The predicted octanol–water partition coefficient (Wildman–Crippen LogP) is 3.43. The summed E-state index contributed by atoms with van der Waals surface area (Å²) in [5, 5.41) is 3.35. The van der Waals surface area contributed by atoms with Crippen molar-refractivity contribution in [3.8, 4) is 5.75 Å². The summed E-state index contributed by atoms with van der Waals surface area (Å²) in [6.07, 6.45) is 1.18. The van der Waals surface area contributed by atoms with E-state index in [1.165, 1.54) is 12.0 Å². The maximum atomic E-state index is 5.79. The van der Waals surface area contributed by atoms with Gasteiger partial charge in [0.05, 0.1) is 6.61 Å². The molecule has 2 rings (SSSR count). The Bertz CT molecular complexity index is 402. The Labute approximate surface area is 111 Å². The lowest BCUT2D eigenvalue weighted by molar-refractivity contribution is 0.169. The number of hydrogen-bond donors (Lipinski definition) is 1. The smallest absolute Gasteiger partial charge is 0.122 e. The monoisotopic (exact) mass is 247 g/mol. The van der Waals surface area contributed by atoms with Crippen LogP contribution in [0, 0.1) is 11.3 Å². The fraction of sp³-hybridized carbons (Fsp3) is 0.625. The average molecular weight is 247 g/mol. The minimum absolute atomic E-state index is 0.320. The zero-order valence-electron chi connectivity index (χ0n) is 12.0. The molecule has 1 heterocycles. The van der Waals surface area contributed by atoms with Crippen LogP contribution in [0.1, 0.15) is 38.7 Å². The highest BCUT2D eigenvalue weighted by Crippen LogP contribution is 2.43. The van der Waals surface area contributed by atoms with Crippen molar-refractivity contribution in [2.24, 2.45) is 11.3 Å². The summed E-state index contributed by atoms with van der Waals surface area (Å²) in [7, 11) is 2.04. The number of benzene rings is 1. The standard InChI is InChI=1S/C16H25NO/c1-12(2)16(3,11-17-4)9-13-10-18-15-8-6-5-7-14(13)15/h5-8,12-13,17H,9-11H2,1-4H3. The van der Waals surface area contributed by atoms with E-state index in [9.17, 15) is 0 Å². The molecule has 18 heavy (non-hydrogen) atoms. The molecule has 2 atom stereocenters. The van der Waals surface area contributed by atoms with Crippen molar-refractivity contribution in [2.45, 2.75) is 33.1 Å². The van der Waals surface area contributed by atoms with Crippen LogP contribution in [-0.4, -0.2) is 20.2 Å². The third kappa shape index (κ3) is 2.54. The van der Waals surface area contributed by atoms with Gasteiger partial charge in [0.15, 0.2) is 0 Å². The van der Waals surface area contributed by atoms with Gasteiger partial charge in [-0.2, -0.15) is 0 Å². The van der Waals surface area contributed by atoms with Crippen molar-refractivity contribution in [1.82, 2.24) is 5.32 Å². The van der Waals surface area contributed by atoms with Crippen LogP contribution in [0.25, 0.3) is 0 Å². The van der Waals surface area contributed by atoms with Crippen LogP contribution in [0.5, 0.6) is 5.75 Å². The molecule has 1 aromatic rings. The van der Waals surface area contributed by atoms with E-state index in [-0.39, 0.29) is 0 Å². The molecule has 0 spiro atoms. The topological polar surface area (TPSA) is 21.3 Å². The van der Waals surface area contributed by atoms with Crippen LogP contribution < -0.4 is 10.1 Å². The van der Waals surface area contributed by atoms with Gasteiger partial charge in [0.2, 0.25) is 0 Å². The zero-order valence-corrected chi connectivity index (χ0v) is 12.0. The van der Waals surface area contributed by atoms with E-state index < -0.39 is 0 Å². The number of nitrogens with one attached hydrogen (secondary N) is 1. The van der Waals surface area contributed by atoms with Crippen LogP contribution in [0.4, 0.5) is 0 Å². The fourth-order valence-electron chi connectivity index (χ4n) is 2.88. The molecular formula is C16H25NO. The van der Waals surface area contributed by atoms with Gasteiger partial charge in [-0.15, -0.1) is 0 Å². The average Bonchev–Trinajstić information content (AvgIpc) is 2.73. The molecule has 0 radical (unpaired) electrons. The first-order chi connectivity index (χ1) is 8.57. The van der Waals surface area contributed by atoms with Crippen molar-refractivity contribution < 1.29 is 4.74 Å². The summed E-state index contributed by atoms with van der Waals surface area (Å²) < 4.78 is 5.79. The molecule has 1 N–H and O–H groups in total. The van der Waals surface area contributed by atoms with Crippen molar-refractivity contribution >= 4 is 0 Å². The summed E-state index contributed by atoms with van der Waals surface area (Å²) in [6, 6.07) is 8.47. The van der Waals surface area contributed by atoms with Crippen LogP contribution in [0.2, 0.25) is 0 Å². The van der Waals surface area contributed by atoms with Crippen LogP contribution in [0.15, 0.2) is 24.3 Å². The number of rotatable bonds is 5. The number of fused-ring (bicyclic) bond motifs is 1. The summed E-state index contributed by atoms with van der Waals surface area (Å²) in [5.41, 5.74) is 1.71. The molecule has 0 aliphatic carbocycles. The van der Waals surface area contributed by atoms with Gasteiger partial charge in [-0.3, -0.25) is 0 Å². The largest absolute Gasteiger partial charge is 0.493 e. The van der Waals surface area contributed by atoms with E-state index in [0.29, 0.717) is 17.3 Å². The lowest BCUT2D eigenvalue weighted by Gasteiger charge is -2.35. The summed E-state index contributed by atoms with van der Waals surface area (Å²) in [5.74, 6) is 2.29. The zero-order chi connectivity index (χ0) is 13.2. The van der Waals surface area contributed by atoms with E-state index in [1.54, 1.807) is 0 Å². The van der Waals surface area contributed by atoms with Crippen LogP contribution in [-0.2, 0) is 0 Å². The lowest BCUT2D eigenvalue weighted by atomic mass is 9.71. The first kappa shape index (κ1) is 13.4. The Morgan fingerprint density at radius 3 is 2.78 bits per heavy atom. The molecule has 0 aromatic heterocycles. The molecule has 100 valence electrons. The van der Waals surface area contributed by atoms with E-state index in [0.717, 1.165) is 18.9 Å². The minimum atomic E-state index is 0.320. The van der Waals surface area contributed by atoms with E-state index in [2.05, 4.69) is 50.4 Å². The summed E-state index contributed by atoms with van der Waals surface area (Å²) >= 11 is 0. The van der Waals surface area contributed by atoms with Crippen molar-refractivity contribution in [1.29, 1.82) is 0 Å². The van der Waals surface area contributed by atoms with Gasteiger partial charge in [0, 0.05) is 18.0 Å². The molecule has 1 aliphatic rings. The van der Waals surface area contributed by atoms with E-state index in [4.69, 9.17) is 4.74 Å². The van der Waals surface area contributed by atoms with Gasteiger partial charge in [0.1, 0.15) is 5.75 Å². The van der Waals surface area contributed by atoms with Gasteiger partial charge < -0.3 is 10.1 Å². The Balaban J connectivity index is 2.15. The van der Waals surface area contributed by atoms with Crippen molar-refractivity contribution in [3.05, 3.63) is 29.8 Å². The Kier molecular flexibility index (Phi) is 3.96. The van der Waals surface area contributed by atoms with E-state index >= 15 is 0 Å². The maximum absolute atomic E-state index is 5.79. The van der Waals surface area contributed by atoms with Gasteiger partial charge in [-0.05, 0) is 30.9 Å². The highest BCUT2D eigenvalue weighted by atomic mass is 16.5. The summed E-state index contributed by atoms with van der Waals surface area (Å²) in [6.45, 7) is 8.92. The second-order valence-electron chi connectivity index (χ2n) is 6.09. The Morgan fingerprint density at radius 2 is 2.11 bits per heavy atom. The predicted molar refractivity (Wildman–Crippen MR) is 76.2 cm³/mol. The molecular weight excluding hydrogens is 222 g/mol. The van der Waals surface area contributed by atoms with Gasteiger partial charge >= 0.3 is 0 Å². The molecule has 2 nitrogen and oxygen atoms in total. The Morgan fingerprint density at radius 1 is 1.39 bits per heavy atom. The van der Waals surface area contributed by atoms with Crippen LogP contribution >= 0.6 is 0 Å². The summed E-state index contributed by atoms with van der Waals surface area (Å²) in [4.78, 5) is 0. The molecule has 2 unspecified atom stereocenters. The third-order valence-electron chi connectivity index (χ3n) is 4.49. The second kappa shape index (κ2) is 5.31. The normalized spacial score (nSPS) is 21.5. The molecule has 1 aliphatic heterocycles. The van der Waals surface area contributed by atoms with Crippen LogP contribution in [0.3, 0.4) is 0 Å². The molecule has 0 fully saturated rings. The molecule has 1 aromatic carbocycles. The SMILES string of the molecule is CNCC(C)(CC1COc2ccccc21)C(C)C. The lowest BCUT2D eigenvalue weighted by Crippen LogP contribution is -2.36. The Hall–Kier alpha value is -1.02. The maximum Gasteiger partial charge on any atom is 0.122 e. The first-order valence-electron chi connectivity index (χ1n) is 6.93. The molecule has 0 amide bonds. The highest BCUT2D eigenvalue weighted by Gasteiger charge is 2.34.